The van der Waals surface area contributed by atoms with E-state index in [9.17, 15) is 9.59 Å². The monoisotopic (exact) mass is 420 g/mol. The van der Waals surface area contributed by atoms with Crippen LogP contribution in [0.4, 0.5) is 11.5 Å². The number of rotatable bonds is 7. The van der Waals surface area contributed by atoms with Gasteiger partial charge in [-0.25, -0.2) is 4.98 Å². The van der Waals surface area contributed by atoms with Crippen LogP contribution in [0.5, 0.6) is 0 Å². The number of allylic oxidation sites excluding steroid dienone is 1. The molecule has 2 amide bonds. The van der Waals surface area contributed by atoms with Crippen LogP contribution in [0.1, 0.15) is 30.4 Å². The Kier molecular flexibility index (Phi) is 5.90. The van der Waals surface area contributed by atoms with E-state index >= 15 is 0 Å². The summed E-state index contributed by atoms with van der Waals surface area (Å²) < 4.78 is 0. The predicted octanol–water partition coefficient (Wildman–Crippen LogP) is 3.33. The molecule has 0 unspecified atom stereocenters. The van der Waals surface area contributed by atoms with Gasteiger partial charge in [0.05, 0.1) is 6.42 Å². The topological polar surface area (TPSA) is 88.3 Å². The van der Waals surface area contributed by atoms with Crippen LogP contribution in [0.25, 0.3) is 5.57 Å². The highest BCUT2D eigenvalue weighted by atomic mass is 32.1. The van der Waals surface area contributed by atoms with Crippen molar-refractivity contribution in [3.05, 3.63) is 59.9 Å². The Hall–Kier alpha value is -3.06. The average molecular weight is 421 g/mol. The van der Waals surface area contributed by atoms with Crippen LogP contribution < -0.4 is 16.0 Å². The van der Waals surface area contributed by atoms with E-state index in [0.717, 1.165) is 48.2 Å². The van der Waals surface area contributed by atoms with Crippen molar-refractivity contribution in [2.45, 2.75) is 25.7 Å². The molecule has 30 heavy (non-hydrogen) atoms. The summed E-state index contributed by atoms with van der Waals surface area (Å²) in [5, 5.41) is 4.35. The van der Waals surface area contributed by atoms with Gasteiger partial charge in [-0.2, -0.15) is 0 Å². The normalized spacial score (nSPS) is 19.1. The molecule has 7 heteroatoms. The summed E-state index contributed by atoms with van der Waals surface area (Å²) in [5.41, 5.74) is 8.84. The summed E-state index contributed by atoms with van der Waals surface area (Å²) in [5.74, 6) is 1.18. The van der Waals surface area contributed by atoms with E-state index < -0.39 is 0 Å². The number of pyridine rings is 1. The van der Waals surface area contributed by atoms with Crippen molar-refractivity contribution in [2.24, 2.45) is 17.6 Å². The quantitative estimate of drug-likeness (QED) is 0.530. The van der Waals surface area contributed by atoms with Gasteiger partial charge in [-0.3, -0.25) is 9.59 Å². The lowest BCUT2D eigenvalue weighted by Gasteiger charge is -2.17. The molecular weight excluding hydrogens is 396 g/mol. The van der Waals surface area contributed by atoms with Gasteiger partial charge in [-0.1, -0.05) is 36.5 Å². The number of carbonyl (C=O) groups is 2. The molecule has 1 aromatic carbocycles. The van der Waals surface area contributed by atoms with Gasteiger partial charge in [0.1, 0.15) is 5.82 Å². The van der Waals surface area contributed by atoms with E-state index in [2.05, 4.69) is 10.3 Å². The van der Waals surface area contributed by atoms with Gasteiger partial charge in [0, 0.05) is 47.6 Å². The SMILES string of the molecule is NC=C(C=S)c1cccc(CC(=O)Nc2cc(N3CC[C@@H](C4CC4)C3=O)ccn2)c1. The van der Waals surface area contributed by atoms with Crippen molar-refractivity contribution < 1.29 is 9.59 Å². The van der Waals surface area contributed by atoms with Gasteiger partial charge < -0.3 is 16.0 Å². The summed E-state index contributed by atoms with van der Waals surface area (Å²) in [6, 6.07) is 11.1. The molecule has 2 aliphatic rings. The Balaban J connectivity index is 1.42. The Morgan fingerprint density at radius 3 is 2.83 bits per heavy atom. The molecule has 0 spiro atoms. The predicted molar refractivity (Wildman–Crippen MR) is 122 cm³/mol. The molecule has 2 aromatic rings. The number of benzene rings is 1. The third-order valence-electron chi connectivity index (χ3n) is 5.69. The summed E-state index contributed by atoms with van der Waals surface area (Å²) in [7, 11) is 0. The molecule has 0 bridgehead atoms. The molecule has 1 atom stereocenters. The van der Waals surface area contributed by atoms with Gasteiger partial charge >= 0.3 is 0 Å². The number of nitrogens with zero attached hydrogens (tertiary/aromatic N) is 2. The van der Waals surface area contributed by atoms with E-state index in [1.165, 1.54) is 11.6 Å². The third kappa shape index (κ3) is 4.41. The van der Waals surface area contributed by atoms with Crippen molar-refractivity contribution in [3.63, 3.8) is 0 Å². The molecule has 3 N–H and O–H groups in total. The number of thiocarbonyl (C=S) groups is 1. The maximum absolute atomic E-state index is 12.7. The Bertz CT molecular complexity index is 1020. The molecular formula is C23H24N4O2S. The molecule has 6 nitrogen and oxygen atoms in total. The number of amides is 2. The number of aromatic nitrogens is 1. The third-order valence-corrected chi connectivity index (χ3v) is 5.95. The van der Waals surface area contributed by atoms with Crippen molar-refractivity contribution in [3.8, 4) is 0 Å². The summed E-state index contributed by atoms with van der Waals surface area (Å²) in [4.78, 5) is 31.3. The minimum atomic E-state index is -0.180. The number of hydrogen-bond acceptors (Lipinski definition) is 5. The molecule has 2 fully saturated rings. The second-order valence-electron chi connectivity index (χ2n) is 7.79. The lowest BCUT2D eigenvalue weighted by molar-refractivity contribution is -0.121. The zero-order valence-electron chi connectivity index (χ0n) is 16.6. The van der Waals surface area contributed by atoms with Gasteiger partial charge in [0.25, 0.3) is 0 Å². The summed E-state index contributed by atoms with van der Waals surface area (Å²) in [6.45, 7) is 0.723. The van der Waals surface area contributed by atoms with Crippen LogP contribution in [0, 0.1) is 11.8 Å². The fourth-order valence-electron chi connectivity index (χ4n) is 3.99. The highest BCUT2D eigenvalue weighted by molar-refractivity contribution is 7.79. The number of nitrogens with one attached hydrogen (secondary N) is 1. The molecule has 1 aliphatic carbocycles. The average Bonchev–Trinajstić information content (AvgIpc) is 3.51. The molecule has 2 heterocycles. The van der Waals surface area contributed by atoms with E-state index in [1.807, 2.05) is 35.2 Å². The second kappa shape index (κ2) is 8.75. The Morgan fingerprint density at radius 1 is 1.27 bits per heavy atom. The minimum absolute atomic E-state index is 0.156. The van der Waals surface area contributed by atoms with Crippen LogP contribution in [0.2, 0.25) is 0 Å². The molecule has 1 aliphatic heterocycles. The second-order valence-corrected chi connectivity index (χ2v) is 8.02. The maximum Gasteiger partial charge on any atom is 0.230 e. The molecule has 1 saturated carbocycles. The Labute approximate surface area is 181 Å². The first-order valence-electron chi connectivity index (χ1n) is 10.1. The summed E-state index contributed by atoms with van der Waals surface area (Å²) >= 11 is 4.97. The molecule has 154 valence electrons. The standard InChI is InChI=1S/C23H24N4O2S/c24-13-18(14-30)17-3-1-2-15(10-17)11-22(28)26-21-12-19(6-8-25-21)27-9-7-20(23(27)29)16-4-5-16/h1-3,6,8,10,12-14,16,20H,4-5,7,9,11,24H2,(H,25,26,28)/t20-/m0/s1. The van der Waals surface area contributed by atoms with Crippen LogP contribution >= 0.6 is 12.2 Å². The van der Waals surface area contributed by atoms with Gasteiger partial charge in [-0.05, 0) is 42.4 Å². The smallest absolute Gasteiger partial charge is 0.230 e. The highest BCUT2D eigenvalue weighted by Crippen LogP contribution is 2.43. The largest absolute Gasteiger partial charge is 0.404 e. The van der Waals surface area contributed by atoms with E-state index in [1.54, 1.807) is 12.3 Å². The summed E-state index contributed by atoms with van der Waals surface area (Å²) in [6.07, 6.45) is 6.51. The van der Waals surface area contributed by atoms with Crippen molar-refractivity contribution >= 4 is 46.5 Å². The van der Waals surface area contributed by atoms with Crippen LogP contribution in [-0.2, 0) is 16.0 Å². The molecule has 1 aromatic heterocycles. The fourth-order valence-corrected chi connectivity index (χ4v) is 4.20. The number of carbonyl (C=O) groups excluding carboxylic acids is 2. The lowest BCUT2D eigenvalue weighted by Crippen LogP contribution is -2.27. The maximum atomic E-state index is 12.7. The first-order chi connectivity index (χ1) is 14.6. The molecule has 0 radical (unpaired) electrons. The fraction of sp³-hybridized carbons (Fsp3) is 0.304. The van der Waals surface area contributed by atoms with Crippen molar-refractivity contribution in [2.75, 3.05) is 16.8 Å². The van der Waals surface area contributed by atoms with E-state index in [0.29, 0.717) is 11.7 Å². The number of anilines is 2. The van der Waals surface area contributed by atoms with E-state index in [4.69, 9.17) is 18.0 Å². The zero-order chi connectivity index (χ0) is 21.1. The van der Waals surface area contributed by atoms with Gasteiger partial charge in [0.15, 0.2) is 0 Å². The van der Waals surface area contributed by atoms with Crippen LogP contribution in [0.3, 0.4) is 0 Å². The molecule has 1 saturated heterocycles. The first kappa shape index (κ1) is 20.2. The van der Waals surface area contributed by atoms with Gasteiger partial charge in [0.2, 0.25) is 11.8 Å². The molecule has 4 rings (SSSR count). The number of nitrogens with two attached hydrogens (primary N) is 1. The van der Waals surface area contributed by atoms with Crippen LogP contribution in [0.15, 0.2) is 48.8 Å². The van der Waals surface area contributed by atoms with E-state index in [-0.39, 0.29) is 24.2 Å². The lowest BCUT2D eigenvalue weighted by atomic mass is 10.0. The van der Waals surface area contributed by atoms with Gasteiger partial charge in [-0.15, -0.1) is 0 Å². The highest BCUT2D eigenvalue weighted by Gasteiger charge is 2.42. The minimum Gasteiger partial charge on any atom is -0.404 e. The zero-order valence-corrected chi connectivity index (χ0v) is 17.4. The number of hydrogen-bond donors (Lipinski definition) is 2. The van der Waals surface area contributed by atoms with Crippen LogP contribution in [-0.4, -0.2) is 28.7 Å². The van der Waals surface area contributed by atoms with Crippen molar-refractivity contribution in [1.82, 2.24) is 4.98 Å². The Morgan fingerprint density at radius 2 is 2.10 bits per heavy atom. The first-order valence-corrected chi connectivity index (χ1v) is 10.6. The van der Waals surface area contributed by atoms with Crippen molar-refractivity contribution in [1.29, 1.82) is 0 Å².